The second kappa shape index (κ2) is 9.32. The molecule has 2 aromatic rings. The summed E-state index contributed by atoms with van der Waals surface area (Å²) in [4.78, 5) is 2.50. The van der Waals surface area contributed by atoms with E-state index in [4.69, 9.17) is 0 Å². The normalized spacial score (nSPS) is 20.8. The summed E-state index contributed by atoms with van der Waals surface area (Å²) < 4.78 is 13.5. The Bertz CT molecular complexity index is 652. The number of hydrogen-bond acceptors (Lipinski definition) is 1. The highest BCUT2D eigenvalue weighted by atomic mass is 19.1. The van der Waals surface area contributed by atoms with Crippen LogP contribution in [0.1, 0.15) is 55.2 Å². The van der Waals surface area contributed by atoms with Gasteiger partial charge in [0.25, 0.3) is 0 Å². The maximum absolute atomic E-state index is 13.5. The fraction of sp³-hybridized carbons (Fsp3) is 0.500. The Hall–Kier alpha value is -1.67. The second-order valence-corrected chi connectivity index (χ2v) is 7.76. The van der Waals surface area contributed by atoms with E-state index in [1.807, 2.05) is 0 Å². The first-order valence-electron chi connectivity index (χ1n) is 10.1. The maximum Gasteiger partial charge on any atom is 0.107 e. The second-order valence-electron chi connectivity index (χ2n) is 7.76. The molecule has 3 unspecified atom stereocenters. The quantitative estimate of drug-likeness (QED) is 0.552. The fourth-order valence-corrected chi connectivity index (χ4v) is 3.97. The molecule has 0 aromatic heterocycles. The van der Waals surface area contributed by atoms with Crippen molar-refractivity contribution in [3.63, 3.8) is 0 Å². The molecular weight excluding hydrogens is 321 g/mol. The molecule has 0 radical (unpaired) electrons. The molecule has 1 fully saturated rings. The van der Waals surface area contributed by atoms with Gasteiger partial charge in [-0.25, -0.2) is 4.39 Å². The van der Waals surface area contributed by atoms with Gasteiger partial charge >= 0.3 is 0 Å². The number of halogens is 1. The standard InChI is InChI=1S/C24H32FN/c1-3-22(26(2)18-17-19-7-5-4-6-8-19)14-11-20-9-12-21(13-10-20)23-15-16-24(23)25/h4-10,12-13,22-24H,3,11,14-18H2,1-2H3. The minimum atomic E-state index is -0.622. The number of rotatable bonds is 9. The molecule has 26 heavy (non-hydrogen) atoms. The largest absolute Gasteiger partial charge is 0.303 e. The van der Waals surface area contributed by atoms with Crippen LogP contribution in [0.4, 0.5) is 4.39 Å². The lowest BCUT2D eigenvalue weighted by Gasteiger charge is -2.31. The van der Waals surface area contributed by atoms with Crippen LogP contribution in [0.5, 0.6) is 0 Å². The van der Waals surface area contributed by atoms with Crippen molar-refractivity contribution in [2.45, 2.75) is 63.6 Å². The van der Waals surface area contributed by atoms with E-state index < -0.39 is 6.17 Å². The first-order chi connectivity index (χ1) is 12.7. The summed E-state index contributed by atoms with van der Waals surface area (Å²) in [5.41, 5.74) is 3.96. The molecule has 3 rings (SSSR count). The summed E-state index contributed by atoms with van der Waals surface area (Å²) in [5, 5.41) is 0. The summed E-state index contributed by atoms with van der Waals surface area (Å²) >= 11 is 0. The Morgan fingerprint density at radius 3 is 2.23 bits per heavy atom. The SMILES string of the molecule is CCC(CCc1ccc(C2CCC2F)cc1)N(C)CCc1ccccc1. The highest BCUT2D eigenvalue weighted by molar-refractivity contribution is 5.28. The molecule has 1 aliphatic carbocycles. The van der Waals surface area contributed by atoms with E-state index in [9.17, 15) is 4.39 Å². The van der Waals surface area contributed by atoms with Gasteiger partial charge in [-0.1, -0.05) is 61.5 Å². The third-order valence-corrected chi connectivity index (χ3v) is 6.05. The lowest BCUT2D eigenvalue weighted by Crippen LogP contribution is -2.33. The van der Waals surface area contributed by atoms with E-state index in [1.165, 1.54) is 29.5 Å². The molecule has 3 atom stereocenters. The topological polar surface area (TPSA) is 3.24 Å². The molecule has 2 aromatic carbocycles. The molecule has 0 spiro atoms. The van der Waals surface area contributed by atoms with Crippen molar-refractivity contribution in [3.05, 3.63) is 71.3 Å². The summed E-state index contributed by atoms with van der Waals surface area (Å²) in [6.45, 7) is 3.38. The smallest absolute Gasteiger partial charge is 0.107 e. The van der Waals surface area contributed by atoms with Crippen molar-refractivity contribution in [3.8, 4) is 0 Å². The first kappa shape index (κ1) is 19.1. The zero-order chi connectivity index (χ0) is 18.4. The van der Waals surface area contributed by atoms with Gasteiger partial charge in [-0.05, 0) is 62.3 Å². The molecule has 0 aliphatic heterocycles. The number of likely N-dealkylation sites (N-methyl/N-ethyl adjacent to an activating group) is 1. The predicted molar refractivity (Wildman–Crippen MR) is 108 cm³/mol. The predicted octanol–water partition coefficient (Wildman–Crippen LogP) is 5.79. The van der Waals surface area contributed by atoms with Gasteiger partial charge in [0.2, 0.25) is 0 Å². The van der Waals surface area contributed by atoms with Crippen LogP contribution in [0.25, 0.3) is 0 Å². The van der Waals surface area contributed by atoms with E-state index in [2.05, 4.69) is 73.5 Å². The number of nitrogens with zero attached hydrogens (tertiary/aromatic N) is 1. The van der Waals surface area contributed by atoms with E-state index in [1.54, 1.807) is 0 Å². The molecule has 0 heterocycles. The lowest BCUT2D eigenvalue weighted by atomic mass is 9.78. The van der Waals surface area contributed by atoms with E-state index in [0.717, 1.165) is 32.2 Å². The van der Waals surface area contributed by atoms with Crippen molar-refractivity contribution in [2.75, 3.05) is 13.6 Å². The Kier molecular flexibility index (Phi) is 6.85. The van der Waals surface area contributed by atoms with Crippen molar-refractivity contribution in [1.29, 1.82) is 0 Å². The lowest BCUT2D eigenvalue weighted by molar-refractivity contribution is 0.170. The van der Waals surface area contributed by atoms with Gasteiger partial charge in [0, 0.05) is 18.5 Å². The van der Waals surface area contributed by atoms with E-state index in [-0.39, 0.29) is 5.92 Å². The average Bonchev–Trinajstić information content (AvgIpc) is 2.67. The maximum atomic E-state index is 13.5. The van der Waals surface area contributed by atoms with Crippen molar-refractivity contribution < 1.29 is 4.39 Å². The average molecular weight is 354 g/mol. The number of benzene rings is 2. The number of alkyl halides is 1. The highest BCUT2D eigenvalue weighted by Gasteiger charge is 2.31. The van der Waals surface area contributed by atoms with Crippen LogP contribution < -0.4 is 0 Å². The molecule has 1 aliphatic rings. The minimum absolute atomic E-state index is 0.150. The number of hydrogen-bond donors (Lipinski definition) is 0. The van der Waals surface area contributed by atoms with Crippen LogP contribution in [0, 0.1) is 0 Å². The van der Waals surface area contributed by atoms with Crippen LogP contribution in [-0.2, 0) is 12.8 Å². The fourth-order valence-electron chi connectivity index (χ4n) is 3.97. The van der Waals surface area contributed by atoms with Gasteiger partial charge < -0.3 is 4.90 Å². The zero-order valence-electron chi connectivity index (χ0n) is 16.2. The van der Waals surface area contributed by atoms with Crippen molar-refractivity contribution >= 4 is 0 Å². The first-order valence-corrected chi connectivity index (χ1v) is 10.1. The van der Waals surface area contributed by atoms with Crippen LogP contribution >= 0.6 is 0 Å². The summed E-state index contributed by atoms with van der Waals surface area (Å²) in [6, 6.07) is 20.0. The molecular formula is C24H32FN. The zero-order valence-corrected chi connectivity index (χ0v) is 16.2. The van der Waals surface area contributed by atoms with Gasteiger partial charge in [0.05, 0.1) is 0 Å². The van der Waals surface area contributed by atoms with Crippen molar-refractivity contribution in [1.82, 2.24) is 4.90 Å². The molecule has 0 N–H and O–H groups in total. The molecule has 0 bridgehead atoms. The Balaban J connectivity index is 1.47. The molecule has 1 saturated carbocycles. The van der Waals surface area contributed by atoms with E-state index >= 15 is 0 Å². The molecule has 1 nitrogen and oxygen atoms in total. The van der Waals surface area contributed by atoms with Crippen LogP contribution in [-0.4, -0.2) is 30.7 Å². The summed E-state index contributed by atoms with van der Waals surface area (Å²) in [6.07, 6.45) is 5.67. The monoisotopic (exact) mass is 353 g/mol. The van der Waals surface area contributed by atoms with Gasteiger partial charge in [-0.15, -0.1) is 0 Å². The third kappa shape index (κ3) is 4.94. The van der Waals surface area contributed by atoms with Gasteiger partial charge in [0.15, 0.2) is 0 Å². The molecule has 140 valence electrons. The van der Waals surface area contributed by atoms with Gasteiger partial charge in [-0.3, -0.25) is 0 Å². The Labute approximate surface area is 158 Å². The van der Waals surface area contributed by atoms with Crippen LogP contribution in [0.3, 0.4) is 0 Å². The molecule has 2 heteroatoms. The molecule has 0 saturated heterocycles. The highest BCUT2D eigenvalue weighted by Crippen LogP contribution is 2.39. The number of aryl methyl sites for hydroxylation is 1. The van der Waals surface area contributed by atoms with Crippen LogP contribution in [0.2, 0.25) is 0 Å². The molecule has 0 amide bonds. The summed E-state index contributed by atoms with van der Waals surface area (Å²) in [7, 11) is 2.25. The minimum Gasteiger partial charge on any atom is -0.303 e. The van der Waals surface area contributed by atoms with Gasteiger partial charge in [0.1, 0.15) is 6.17 Å². The Morgan fingerprint density at radius 1 is 0.962 bits per heavy atom. The van der Waals surface area contributed by atoms with Gasteiger partial charge in [-0.2, -0.15) is 0 Å². The Morgan fingerprint density at radius 2 is 1.65 bits per heavy atom. The third-order valence-electron chi connectivity index (χ3n) is 6.05. The van der Waals surface area contributed by atoms with E-state index in [0.29, 0.717) is 6.04 Å². The van der Waals surface area contributed by atoms with Crippen molar-refractivity contribution in [2.24, 2.45) is 0 Å². The summed E-state index contributed by atoms with van der Waals surface area (Å²) in [5.74, 6) is 0.150. The van der Waals surface area contributed by atoms with Crippen LogP contribution in [0.15, 0.2) is 54.6 Å².